The molecule has 1 spiro atoms. The second kappa shape index (κ2) is 10.2. The Morgan fingerprint density at radius 3 is 1.51 bits per heavy atom. The van der Waals surface area contributed by atoms with Gasteiger partial charge in [0.05, 0.1) is 22.5 Å². The Hall–Kier alpha value is -6.18. The van der Waals surface area contributed by atoms with E-state index < -0.39 is 0 Å². The maximum Gasteiger partial charge on any atom is 0.0725 e. The van der Waals surface area contributed by atoms with E-state index in [1.54, 1.807) is 0 Å². The average Bonchev–Trinajstić information content (AvgIpc) is 3.65. The van der Waals surface area contributed by atoms with Gasteiger partial charge in [-0.2, -0.15) is 0 Å². The molecule has 3 aliphatic rings. The van der Waals surface area contributed by atoms with Crippen LogP contribution in [0.2, 0.25) is 0 Å². The zero-order chi connectivity index (χ0) is 33.9. The molecule has 0 unspecified atom stereocenters. The quantitative estimate of drug-likeness (QED) is 0.180. The number of anilines is 3. The first-order valence-electron chi connectivity index (χ1n) is 18.0. The van der Waals surface area contributed by atoms with Crippen LogP contribution in [-0.4, -0.2) is 0 Å². The molecule has 1 nitrogen and oxygen atoms in total. The maximum atomic E-state index is 2.50. The van der Waals surface area contributed by atoms with Gasteiger partial charge in [0.2, 0.25) is 0 Å². The van der Waals surface area contributed by atoms with Crippen LogP contribution in [0.5, 0.6) is 0 Å². The van der Waals surface area contributed by atoms with Crippen LogP contribution in [0.15, 0.2) is 176 Å². The zero-order valence-electron chi connectivity index (χ0n) is 28.7. The molecule has 0 fully saturated rings. The summed E-state index contributed by atoms with van der Waals surface area (Å²) in [5.41, 5.74) is 19.2. The lowest BCUT2D eigenvalue weighted by Gasteiger charge is -2.42. The second-order valence-electron chi connectivity index (χ2n) is 14.9. The molecule has 0 radical (unpaired) electrons. The number of hydrogen-bond donors (Lipinski definition) is 0. The van der Waals surface area contributed by atoms with E-state index in [4.69, 9.17) is 0 Å². The first kappa shape index (κ1) is 28.6. The molecule has 0 saturated heterocycles. The van der Waals surface area contributed by atoms with E-state index in [9.17, 15) is 0 Å². The third-order valence-corrected chi connectivity index (χ3v) is 12.1. The Balaban J connectivity index is 1.14. The van der Waals surface area contributed by atoms with Crippen molar-refractivity contribution in [2.45, 2.75) is 24.7 Å². The number of fused-ring (bicyclic) bond motifs is 13. The molecule has 0 saturated carbocycles. The van der Waals surface area contributed by atoms with Gasteiger partial charge >= 0.3 is 0 Å². The zero-order valence-corrected chi connectivity index (χ0v) is 28.7. The largest absolute Gasteiger partial charge is 0.309 e. The lowest BCUT2D eigenvalue weighted by molar-refractivity contribution is 0.632. The molecule has 0 bridgehead atoms. The van der Waals surface area contributed by atoms with Gasteiger partial charge in [0, 0.05) is 10.8 Å². The molecule has 1 aliphatic heterocycles. The van der Waals surface area contributed by atoms with E-state index in [0.717, 1.165) is 0 Å². The number of nitrogens with zero attached hydrogens (tertiary/aromatic N) is 1. The van der Waals surface area contributed by atoms with Crippen molar-refractivity contribution in [2.75, 3.05) is 4.90 Å². The van der Waals surface area contributed by atoms with Crippen LogP contribution in [0.25, 0.3) is 44.2 Å². The summed E-state index contributed by atoms with van der Waals surface area (Å²) in [6, 6.07) is 65.9. The molecule has 1 heteroatoms. The molecular formula is C50H35N. The standard InChI is InChI=1S/C50H35N/c1-49(2)43-23-11-12-24-47(43)51(46-25-13-15-32-14-3-4-16-35(32)46)48-29-27-34(31-45(48)49)33-26-28-39-38-19-7-10-22-42(38)50(44(39)30-33)40-20-8-5-17-36(40)37-18-6-9-21-41(37)50/h3-31H,1-2H3. The molecule has 8 aromatic rings. The molecule has 11 rings (SSSR count). The van der Waals surface area contributed by atoms with Crippen LogP contribution in [0.3, 0.4) is 0 Å². The molecule has 0 amide bonds. The van der Waals surface area contributed by atoms with Crippen LogP contribution in [0, 0.1) is 0 Å². The fraction of sp³-hybridized carbons (Fsp3) is 0.0800. The van der Waals surface area contributed by atoms with Gasteiger partial charge in [0.15, 0.2) is 0 Å². The summed E-state index contributed by atoms with van der Waals surface area (Å²) in [5.74, 6) is 0. The summed E-state index contributed by atoms with van der Waals surface area (Å²) >= 11 is 0. The summed E-state index contributed by atoms with van der Waals surface area (Å²) in [7, 11) is 0. The van der Waals surface area contributed by atoms with Crippen LogP contribution in [0.4, 0.5) is 17.1 Å². The summed E-state index contributed by atoms with van der Waals surface area (Å²) in [5, 5.41) is 2.50. The van der Waals surface area contributed by atoms with Gasteiger partial charge in [-0.15, -0.1) is 0 Å². The Labute approximate surface area is 299 Å². The summed E-state index contributed by atoms with van der Waals surface area (Å²) < 4.78 is 0. The third-order valence-electron chi connectivity index (χ3n) is 12.1. The van der Waals surface area contributed by atoms with E-state index in [0.29, 0.717) is 0 Å². The lowest BCUT2D eigenvalue weighted by atomic mass is 9.70. The van der Waals surface area contributed by atoms with Crippen molar-refractivity contribution in [1.29, 1.82) is 0 Å². The Morgan fingerprint density at radius 2 is 0.824 bits per heavy atom. The van der Waals surface area contributed by atoms with Gasteiger partial charge < -0.3 is 4.90 Å². The van der Waals surface area contributed by atoms with Gasteiger partial charge in [-0.05, 0) is 102 Å². The Bertz CT molecular complexity index is 2680. The predicted molar refractivity (Wildman–Crippen MR) is 212 cm³/mol. The first-order valence-corrected chi connectivity index (χ1v) is 18.0. The fourth-order valence-electron chi connectivity index (χ4n) is 9.82. The van der Waals surface area contributed by atoms with Crippen molar-refractivity contribution >= 4 is 27.8 Å². The normalized spacial score (nSPS) is 15.1. The van der Waals surface area contributed by atoms with Crippen molar-refractivity contribution in [1.82, 2.24) is 0 Å². The minimum absolute atomic E-state index is 0.194. The highest BCUT2D eigenvalue weighted by molar-refractivity contribution is 6.01. The molecule has 1 heterocycles. The van der Waals surface area contributed by atoms with Crippen LogP contribution in [-0.2, 0) is 10.8 Å². The van der Waals surface area contributed by atoms with Gasteiger partial charge in [0.1, 0.15) is 0 Å². The molecule has 51 heavy (non-hydrogen) atoms. The SMILES string of the molecule is CC1(C)c2ccccc2N(c2cccc3ccccc23)c2ccc(-c3ccc4c(c3)C3(c5ccccc5-c5ccccc53)c3ccccc3-4)cc21. The lowest BCUT2D eigenvalue weighted by Crippen LogP contribution is -2.30. The third kappa shape index (κ3) is 3.65. The molecular weight excluding hydrogens is 615 g/mol. The summed E-state index contributed by atoms with van der Waals surface area (Å²) in [4.78, 5) is 2.49. The highest BCUT2D eigenvalue weighted by atomic mass is 15.2. The van der Waals surface area contributed by atoms with E-state index >= 15 is 0 Å². The molecule has 0 atom stereocenters. The average molecular weight is 650 g/mol. The number of hydrogen-bond acceptors (Lipinski definition) is 1. The van der Waals surface area contributed by atoms with Crippen molar-refractivity contribution in [3.05, 3.63) is 209 Å². The maximum absolute atomic E-state index is 2.50. The van der Waals surface area contributed by atoms with E-state index in [1.807, 2.05) is 0 Å². The monoisotopic (exact) mass is 649 g/mol. The van der Waals surface area contributed by atoms with Crippen molar-refractivity contribution in [3.8, 4) is 33.4 Å². The number of rotatable bonds is 2. The summed E-state index contributed by atoms with van der Waals surface area (Å²) in [6.45, 7) is 4.77. The smallest absolute Gasteiger partial charge is 0.0725 e. The second-order valence-corrected chi connectivity index (χ2v) is 14.9. The van der Waals surface area contributed by atoms with E-state index in [2.05, 4.69) is 195 Å². The van der Waals surface area contributed by atoms with Gasteiger partial charge in [0.25, 0.3) is 0 Å². The van der Waals surface area contributed by atoms with E-state index in [-0.39, 0.29) is 10.8 Å². The summed E-state index contributed by atoms with van der Waals surface area (Å²) in [6.07, 6.45) is 0. The van der Waals surface area contributed by atoms with Crippen LogP contribution in [0.1, 0.15) is 47.2 Å². The molecule has 2 aliphatic carbocycles. The van der Waals surface area contributed by atoms with Crippen LogP contribution >= 0.6 is 0 Å². The van der Waals surface area contributed by atoms with E-state index in [1.165, 1.54) is 94.6 Å². The number of para-hydroxylation sites is 1. The Kier molecular flexibility index (Phi) is 5.72. The van der Waals surface area contributed by atoms with Gasteiger partial charge in [-0.25, -0.2) is 0 Å². The molecule has 0 N–H and O–H groups in total. The minimum Gasteiger partial charge on any atom is -0.309 e. The molecule has 0 aromatic heterocycles. The van der Waals surface area contributed by atoms with Crippen molar-refractivity contribution in [3.63, 3.8) is 0 Å². The highest BCUT2D eigenvalue weighted by Gasteiger charge is 2.51. The number of benzene rings is 8. The predicted octanol–water partition coefficient (Wildman–Crippen LogP) is 13.0. The van der Waals surface area contributed by atoms with Gasteiger partial charge in [-0.1, -0.05) is 159 Å². The topological polar surface area (TPSA) is 3.24 Å². The molecule has 8 aromatic carbocycles. The van der Waals surface area contributed by atoms with Gasteiger partial charge in [-0.3, -0.25) is 0 Å². The van der Waals surface area contributed by atoms with Crippen LogP contribution < -0.4 is 4.90 Å². The first-order chi connectivity index (χ1) is 25.1. The minimum atomic E-state index is -0.354. The van der Waals surface area contributed by atoms with Crippen molar-refractivity contribution in [2.24, 2.45) is 0 Å². The molecule has 240 valence electrons. The highest BCUT2D eigenvalue weighted by Crippen LogP contribution is 2.63. The fourth-order valence-corrected chi connectivity index (χ4v) is 9.82. The van der Waals surface area contributed by atoms with Crippen molar-refractivity contribution < 1.29 is 0 Å². The Morgan fingerprint density at radius 1 is 0.353 bits per heavy atom.